The predicted molar refractivity (Wildman–Crippen MR) is 76.9 cm³/mol. The third-order valence-corrected chi connectivity index (χ3v) is 4.39. The Morgan fingerprint density at radius 2 is 1.89 bits per heavy atom. The fraction of sp³-hybridized carbons (Fsp3) is 0.750. The van der Waals surface area contributed by atoms with Gasteiger partial charge in [-0.15, -0.1) is 0 Å². The van der Waals surface area contributed by atoms with E-state index in [9.17, 15) is 0 Å². The van der Waals surface area contributed by atoms with Crippen LogP contribution >= 0.6 is 0 Å². The molecule has 0 radical (unpaired) electrons. The molecule has 2 atom stereocenters. The van der Waals surface area contributed by atoms with E-state index in [0.717, 1.165) is 4.48 Å². The summed E-state index contributed by atoms with van der Waals surface area (Å²) in [5.74, 6) is 0.616. The Balaban J connectivity index is 0.00000289. The van der Waals surface area contributed by atoms with Crippen molar-refractivity contribution in [3.8, 4) is 0 Å². The molecule has 0 aromatic carbocycles. The van der Waals surface area contributed by atoms with E-state index in [2.05, 4.69) is 67.1 Å². The second-order valence-electron chi connectivity index (χ2n) is 7.19. The molecule has 0 N–H and O–H groups in total. The zero-order valence-corrected chi connectivity index (χ0v) is 15.3. The number of nitrogens with zero attached hydrogens (tertiary/aromatic N) is 1. The number of allylic oxidation sites excluding steroid dienone is 3. The Kier molecular flexibility index (Phi) is 6.62. The van der Waals surface area contributed by atoms with Gasteiger partial charge in [0, 0.05) is 5.92 Å². The van der Waals surface area contributed by atoms with Gasteiger partial charge in [0.15, 0.2) is 0 Å². The van der Waals surface area contributed by atoms with E-state index in [1.165, 1.54) is 12.8 Å². The van der Waals surface area contributed by atoms with Crippen LogP contribution in [0.2, 0.25) is 0 Å². The van der Waals surface area contributed by atoms with Gasteiger partial charge in [0.1, 0.15) is 6.04 Å². The van der Waals surface area contributed by atoms with Gasteiger partial charge in [-0.05, 0) is 38.2 Å². The monoisotopic (exact) mass is 363 g/mol. The van der Waals surface area contributed by atoms with Gasteiger partial charge in [-0.25, -0.2) is 0 Å². The topological polar surface area (TPSA) is 0 Å². The van der Waals surface area contributed by atoms with E-state index >= 15 is 0 Å². The first kappa shape index (κ1) is 18.2. The summed E-state index contributed by atoms with van der Waals surface area (Å²) < 4.78 is 0.992. The molecule has 0 aromatic heterocycles. The lowest BCUT2D eigenvalue weighted by atomic mass is 9.68. The molecular formula is C16H30IN. The molecule has 0 amide bonds. The molecule has 0 fully saturated rings. The molecule has 0 heterocycles. The van der Waals surface area contributed by atoms with E-state index in [1.54, 1.807) is 5.57 Å². The van der Waals surface area contributed by atoms with Crippen molar-refractivity contribution in [1.82, 2.24) is 0 Å². The van der Waals surface area contributed by atoms with E-state index < -0.39 is 0 Å². The maximum atomic E-state index is 2.44. The van der Waals surface area contributed by atoms with Gasteiger partial charge in [0.05, 0.1) is 21.1 Å². The Morgan fingerprint density at radius 1 is 1.33 bits per heavy atom. The molecule has 0 aliphatic heterocycles. The van der Waals surface area contributed by atoms with Gasteiger partial charge in [-0.2, -0.15) is 0 Å². The van der Waals surface area contributed by atoms with Crippen LogP contribution in [0, 0.1) is 11.3 Å². The Morgan fingerprint density at radius 3 is 2.33 bits per heavy atom. The summed E-state index contributed by atoms with van der Waals surface area (Å²) >= 11 is 0. The van der Waals surface area contributed by atoms with Crippen LogP contribution in [0.15, 0.2) is 23.8 Å². The fourth-order valence-corrected chi connectivity index (χ4v) is 2.51. The molecule has 0 spiro atoms. The Labute approximate surface area is 131 Å². The van der Waals surface area contributed by atoms with Crippen LogP contribution < -0.4 is 24.0 Å². The molecule has 2 heteroatoms. The Hall–Kier alpha value is 0.170. The summed E-state index contributed by atoms with van der Waals surface area (Å²) in [6.45, 7) is 9.38. The molecule has 1 aliphatic rings. The van der Waals surface area contributed by atoms with Crippen LogP contribution in [0.25, 0.3) is 0 Å². The highest BCUT2D eigenvalue weighted by Crippen LogP contribution is 2.41. The lowest BCUT2D eigenvalue weighted by Crippen LogP contribution is -3.00. The van der Waals surface area contributed by atoms with Crippen LogP contribution in [-0.4, -0.2) is 31.7 Å². The zero-order valence-electron chi connectivity index (χ0n) is 13.1. The summed E-state index contributed by atoms with van der Waals surface area (Å²) in [7, 11) is 6.76. The van der Waals surface area contributed by atoms with Crippen molar-refractivity contribution in [3.63, 3.8) is 0 Å². The minimum atomic E-state index is 0. The summed E-state index contributed by atoms with van der Waals surface area (Å²) in [5.41, 5.74) is 1.96. The number of rotatable bonds is 3. The van der Waals surface area contributed by atoms with Crippen molar-refractivity contribution in [1.29, 1.82) is 0 Å². The number of halogens is 1. The largest absolute Gasteiger partial charge is 1.00 e. The van der Waals surface area contributed by atoms with Crippen molar-refractivity contribution < 1.29 is 28.5 Å². The van der Waals surface area contributed by atoms with Gasteiger partial charge >= 0.3 is 0 Å². The first-order chi connectivity index (χ1) is 7.64. The number of likely N-dealkylation sites (N-methyl/N-ethyl adjacent to an activating group) is 1. The van der Waals surface area contributed by atoms with E-state index in [1.807, 2.05) is 0 Å². The van der Waals surface area contributed by atoms with Crippen molar-refractivity contribution >= 4 is 0 Å². The zero-order chi connectivity index (χ0) is 13.3. The third kappa shape index (κ3) is 4.69. The highest BCUT2D eigenvalue weighted by Gasteiger charge is 2.31. The highest BCUT2D eigenvalue weighted by molar-refractivity contribution is 5.19. The van der Waals surface area contributed by atoms with Crippen molar-refractivity contribution in [2.75, 3.05) is 21.1 Å². The van der Waals surface area contributed by atoms with Gasteiger partial charge < -0.3 is 28.5 Å². The molecule has 0 saturated heterocycles. The third-order valence-electron chi connectivity index (χ3n) is 4.39. The quantitative estimate of drug-likeness (QED) is 0.399. The van der Waals surface area contributed by atoms with Gasteiger partial charge in [-0.1, -0.05) is 31.6 Å². The van der Waals surface area contributed by atoms with Crippen LogP contribution in [0.3, 0.4) is 0 Å². The van der Waals surface area contributed by atoms with Crippen molar-refractivity contribution in [3.05, 3.63) is 23.8 Å². The fourth-order valence-electron chi connectivity index (χ4n) is 2.51. The standard InChI is InChI=1S/C16H30N.HI/c1-13-9-8-12-16(3,4)15(13)11-10-14(2)17(5,6)7;/h9-11,14-15H,8,12H2,1-7H3;1H/q+1;/p-1. The summed E-state index contributed by atoms with van der Waals surface area (Å²) in [5, 5.41) is 0. The second-order valence-corrected chi connectivity index (χ2v) is 7.19. The van der Waals surface area contributed by atoms with Gasteiger partial charge in [0.25, 0.3) is 0 Å². The second kappa shape index (κ2) is 6.56. The normalized spacial score (nSPS) is 25.5. The van der Waals surface area contributed by atoms with Gasteiger partial charge in [-0.3, -0.25) is 0 Å². The predicted octanol–water partition coefficient (Wildman–Crippen LogP) is 1.02. The SMILES string of the molecule is CC1=CCCC(C)(C)C1C=CC(C)[N+](C)(C)C.[I-]. The molecule has 1 aliphatic carbocycles. The molecule has 106 valence electrons. The summed E-state index contributed by atoms with van der Waals surface area (Å²) in [6, 6.07) is 0.570. The lowest BCUT2D eigenvalue weighted by molar-refractivity contribution is -0.887. The average molecular weight is 363 g/mol. The van der Waals surface area contributed by atoms with E-state index in [4.69, 9.17) is 0 Å². The molecular weight excluding hydrogens is 333 g/mol. The van der Waals surface area contributed by atoms with Crippen molar-refractivity contribution in [2.24, 2.45) is 11.3 Å². The minimum absolute atomic E-state index is 0. The van der Waals surface area contributed by atoms with Crippen molar-refractivity contribution in [2.45, 2.75) is 46.6 Å². The molecule has 0 bridgehead atoms. The maximum Gasteiger partial charge on any atom is 0.104 e. The minimum Gasteiger partial charge on any atom is -1.00 e. The molecule has 0 saturated carbocycles. The molecule has 0 aromatic rings. The number of quaternary nitrogens is 1. The molecule has 1 rings (SSSR count). The van der Waals surface area contributed by atoms with E-state index in [0.29, 0.717) is 17.4 Å². The number of hydrogen-bond donors (Lipinski definition) is 0. The lowest BCUT2D eigenvalue weighted by Gasteiger charge is -2.37. The summed E-state index contributed by atoms with van der Waals surface area (Å²) in [4.78, 5) is 0. The first-order valence-electron chi connectivity index (χ1n) is 6.81. The molecule has 1 nitrogen and oxygen atoms in total. The maximum absolute atomic E-state index is 2.44. The van der Waals surface area contributed by atoms with Gasteiger partial charge in [0.2, 0.25) is 0 Å². The van der Waals surface area contributed by atoms with Crippen LogP contribution in [0.4, 0.5) is 0 Å². The summed E-state index contributed by atoms with van der Waals surface area (Å²) in [6.07, 6.45) is 9.80. The van der Waals surface area contributed by atoms with E-state index in [-0.39, 0.29) is 24.0 Å². The van der Waals surface area contributed by atoms with Crippen LogP contribution in [0.1, 0.15) is 40.5 Å². The van der Waals surface area contributed by atoms with Crippen LogP contribution in [0.5, 0.6) is 0 Å². The Bertz CT molecular complexity index is 320. The number of hydrogen-bond acceptors (Lipinski definition) is 0. The van der Waals surface area contributed by atoms with Crippen LogP contribution in [-0.2, 0) is 0 Å². The average Bonchev–Trinajstić information content (AvgIpc) is 2.14. The molecule has 2 unspecified atom stereocenters. The smallest absolute Gasteiger partial charge is 0.104 e. The molecule has 18 heavy (non-hydrogen) atoms. The first-order valence-corrected chi connectivity index (χ1v) is 6.81. The highest BCUT2D eigenvalue weighted by atomic mass is 127.